The summed E-state index contributed by atoms with van der Waals surface area (Å²) in [4.78, 5) is 26.7. The average molecular weight is 454 g/mol. The molecule has 2 aliphatic rings. The number of carbonyl (C=O) groups is 2. The lowest BCUT2D eigenvalue weighted by Crippen LogP contribution is -2.29. The highest BCUT2D eigenvalue weighted by atomic mass is 16.3. The highest BCUT2D eigenvalue weighted by molar-refractivity contribution is 6.15. The number of carbonyl (C=O) groups excluding carboxylic acids is 2. The van der Waals surface area contributed by atoms with Gasteiger partial charge in [-0.25, -0.2) is 0 Å². The van der Waals surface area contributed by atoms with Crippen molar-refractivity contribution in [2.24, 2.45) is 11.8 Å². The second-order valence-electron chi connectivity index (χ2n) is 8.76. The van der Waals surface area contributed by atoms with Gasteiger partial charge in [-0.3, -0.25) is 9.59 Å². The van der Waals surface area contributed by atoms with Crippen molar-refractivity contribution >= 4 is 17.6 Å². The van der Waals surface area contributed by atoms with E-state index in [1.165, 1.54) is 36.4 Å². The van der Waals surface area contributed by atoms with E-state index in [1.54, 1.807) is 48.6 Å². The predicted octanol–water partition coefficient (Wildman–Crippen LogP) is 4.41. The Balaban J connectivity index is 1.63. The van der Waals surface area contributed by atoms with Crippen molar-refractivity contribution in [2.45, 2.75) is 11.8 Å². The van der Waals surface area contributed by atoms with Crippen molar-refractivity contribution in [3.05, 3.63) is 101 Å². The Labute approximate surface area is 195 Å². The Kier molecular flexibility index (Phi) is 5.21. The monoisotopic (exact) mass is 454 g/mol. The minimum Gasteiger partial charge on any atom is -0.508 e. The smallest absolute Gasteiger partial charge is 0.167 e. The standard InChI is InChI=1S/C28H22O6/c29-19-7-2-15(3-8-19)1-4-17-13-23(33)27-24(16-5-9-20(30)10-6-16)25(26(17)28(27)34)18-11-21(31)14-22(32)12-18/h1-14,24-27,29-32H. The van der Waals surface area contributed by atoms with Gasteiger partial charge in [-0.05, 0) is 64.7 Å². The van der Waals surface area contributed by atoms with E-state index in [9.17, 15) is 30.0 Å². The van der Waals surface area contributed by atoms with Crippen LogP contribution in [0.25, 0.3) is 6.08 Å². The van der Waals surface area contributed by atoms with Gasteiger partial charge in [0.05, 0.1) is 11.8 Å². The molecule has 3 aromatic carbocycles. The largest absolute Gasteiger partial charge is 0.508 e. The van der Waals surface area contributed by atoms with E-state index >= 15 is 0 Å². The maximum atomic E-state index is 13.6. The fraction of sp³-hybridized carbons (Fsp3) is 0.143. The molecule has 0 aromatic heterocycles. The number of allylic oxidation sites excluding steroid dienone is 3. The summed E-state index contributed by atoms with van der Waals surface area (Å²) >= 11 is 0. The first kappa shape index (κ1) is 21.5. The van der Waals surface area contributed by atoms with E-state index in [1.807, 2.05) is 0 Å². The number of phenolic OH excluding ortho intramolecular Hbond substituents is 4. The molecule has 2 bridgehead atoms. The zero-order valence-electron chi connectivity index (χ0n) is 18.0. The molecule has 0 spiro atoms. The topological polar surface area (TPSA) is 115 Å². The first-order valence-corrected chi connectivity index (χ1v) is 10.9. The number of hydrogen-bond acceptors (Lipinski definition) is 6. The predicted molar refractivity (Wildman–Crippen MR) is 126 cm³/mol. The van der Waals surface area contributed by atoms with Gasteiger partial charge in [0, 0.05) is 17.9 Å². The number of phenols is 4. The molecular formula is C28H22O6. The van der Waals surface area contributed by atoms with Crippen LogP contribution in [0, 0.1) is 11.8 Å². The van der Waals surface area contributed by atoms with Crippen molar-refractivity contribution in [1.29, 1.82) is 0 Å². The third-order valence-electron chi connectivity index (χ3n) is 6.64. The van der Waals surface area contributed by atoms with Crippen LogP contribution in [0.15, 0.2) is 84.5 Å². The van der Waals surface area contributed by atoms with E-state index < -0.39 is 23.7 Å². The summed E-state index contributed by atoms with van der Waals surface area (Å²) in [6.07, 6.45) is 5.01. The number of ketones is 2. The molecule has 2 aliphatic carbocycles. The highest BCUT2D eigenvalue weighted by Crippen LogP contribution is 2.56. The molecule has 34 heavy (non-hydrogen) atoms. The first-order valence-electron chi connectivity index (χ1n) is 10.9. The minimum atomic E-state index is -0.894. The number of hydrogen-bond donors (Lipinski definition) is 4. The number of fused-ring (bicyclic) bond motifs is 2. The summed E-state index contributed by atoms with van der Waals surface area (Å²) in [7, 11) is 0. The van der Waals surface area contributed by atoms with Crippen molar-refractivity contribution in [3.63, 3.8) is 0 Å². The molecule has 6 heteroatoms. The third-order valence-corrected chi connectivity index (χ3v) is 6.64. The van der Waals surface area contributed by atoms with Gasteiger partial charge in [0.15, 0.2) is 11.6 Å². The summed E-state index contributed by atoms with van der Waals surface area (Å²) in [5.74, 6) is -3.14. The molecule has 3 aromatic rings. The zero-order chi connectivity index (χ0) is 24.0. The Morgan fingerprint density at radius 3 is 1.76 bits per heavy atom. The number of rotatable bonds is 4. The molecular weight excluding hydrogens is 432 g/mol. The second kappa shape index (κ2) is 8.23. The molecule has 6 nitrogen and oxygen atoms in total. The molecule has 0 heterocycles. The Morgan fingerprint density at radius 2 is 1.15 bits per heavy atom. The van der Waals surface area contributed by atoms with Gasteiger partial charge < -0.3 is 20.4 Å². The van der Waals surface area contributed by atoms with E-state index in [0.717, 1.165) is 11.1 Å². The number of benzene rings is 3. The van der Waals surface area contributed by atoms with Gasteiger partial charge in [0.2, 0.25) is 0 Å². The first-order chi connectivity index (χ1) is 16.3. The molecule has 5 rings (SSSR count). The summed E-state index contributed by atoms with van der Waals surface area (Å²) in [6.45, 7) is 0. The molecule has 0 amide bonds. The summed E-state index contributed by atoms with van der Waals surface area (Å²) in [5, 5.41) is 39.6. The SMILES string of the molecule is O=C1C=C(C=Cc2ccc(O)cc2)C2C(=O)C1C(c1ccc(O)cc1)C2c1cc(O)cc(O)c1. The van der Waals surface area contributed by atoms with E-state index in [0.29, 0.717) is 11.1 Å². The fourth-order valence-electron chi connectivity index (χ4n) is 5.23. The number of Topliss-reactive ketones (excluding diaryl/α,β-unsaturated/α-hetero) is 1. The second-order valence-corrected chi connectivity index (χ2v) is 8.76. The van der Waals surface area contributed by atoms with Crippen molar-refractivity contribution < 1.29 is 30.0 Å². The van der Waals surface area contributed by atoms with Crippen molar-refractivity contribution in [2.75, 3.05) is 0 Å². The molecule has 1 fully saturated rings. The van der Waals surface area contributed by atoms with Crippen LogP contribution in [-0.4, -0.2) is 32.0 Å². The van der Waals surface area contributed by atoms with Crippen LogP contribution >= 0.6 is 0 Å². The normalized spacial score (nSPS) is 23.9. The van der Waals surface area contributed by atoms with E-state index in [-0.39, 0.29) is 34.6 Å². The van der Waals surface area contributed by atoms with Crippen molar-refractivity contribution in [3.8, 4) is 23.0 Å². The Bertz CT molecular complexity index is 1310. The van der Waals surface area contributed by atoms with Gasteiger partial charge in [0.1, 0.15) is 23.0 Å². The summed E-state index contributed by atoms with van der Waals surface area (Å²) in [6, 6.07) is 17.2. The van der Waals surface area contributed by atoms with Crippen LogP contribution in [0.2, 0.25) is 0 Å². The molecule has 4 N–H and O–H groups in total. The lowest BCUT2D eigenvalue weighted by molar-refractivity contribution is -0.130. The minimum absolute atomic E-state index is 0.0737. The maximum absolute atomic E-state index is 13.6. The molecule has 0 saturated heterocycles. The van der Waals surface area contributed by atoms with Gasteiger partial charge in [-0.15, -0.1) is 0 Å². The Morgan fingerprint density at radius 1 is 0.588 bits per heavy atom. The zero-order valence-corrected chi connectivity index (χ0v) is 18.0. The van der Waals surface area contributed by atoms with Gasteiger partial charge in [-0.1, -0.05) is 36.4 Å². The Hall–Kier alpha value is -4.32. The molecule has 4 atom stereocenters. The molecule has 4 unspecified atom stereocenters. The van der Waals surface area contributed by atoms with Crippen LogP contribution < -0.4 is 0 Å². The van der Waals surface area contributed by atoms with Gasteiger partial charge >= 0.3 is 0 Å². The molecule has 170 valence electrons. The van der Waals surface area contributed by atoms with E-state index in [4.69, 9.17) is 0 Å². The quantitative estimate of drug-likeness (QED) is 0.434. The van der Waals surface area contributed by atoms with Crippen LogP contribution in [0.3, 0.4) is 0 Å². The van der Waals surface area contributed by atoms with Crippen LogP contribution in [0.1, 0.15) is 28.5 Å². The summed E-state index contributed by atoms with van der Waals surface area (Å²) in [5.41, 5.74) is 2.61. The lowest BCUT2D eigenvalue weighted by Gasteiger charge is -2.25. The average Bonchev–Trinajstić information content (AvgIpc) is 3.02. The maximum Gasteiger partial charge on any atom is 0.167 e. The molecule has 0 aliphatic heterocycles. The van der Waals surface area contributed by atoms with E-state index in [2.05, 4.69) is 0 Å². The highest BCUT2D eigenvalue weighted by Gasteiger charge is 2.56. The lowest BCUT2D eigenvalue weighted by atomic mass is 9.77. The van der Waals surface area contributed by atoms with Crippen LogP contribution in [0.5, 0.6) is 23.0 Å². The third kappa shape index (κ3) is 3.73. The number of aromatic hydroxyl groups is 4. The fourth-order valence-corrected chi connectivity index (χ4v) is 5.23. The van der Waals surface area contributed by atoms with Gasteiger partial charge in [-0.2, -0.15) is 0 Å². The molecule has 0 radical (unpaired) electrons. The van der Waals surface area contributed by atoms with Gasteiger partial charge in [0.25, 0.3) is 0 Å². The van der Waals surface area contributed by atoms with Crippen LogP contribution in [-0.2, 0) is 9.59 Å². The van der Waals surface area contributed by atoms with Crippen LogP contribution in [0.4, 0.5) is 0 Å². The summed E-state index contributed by atoms with van der Waals surface area (Å²) < 4.78 is 0. The van der Waals surface area contributed by atoms with Crippen molar-refractivity contribution in [1.82, 2.24) is 0 Å². The molecule has 1 saturated carbocycles.